The molecule has 70 valence electrons. The maximum atomic E-state index is 12.4. The van der Waals surface area contributed by atoms with E-state index in [4.69, 9.17) is 0 Å². The second-order valence-electron chi connectivity index (χ2n) is 2.74. The molecule has 0 aliphatic carbocycles. The molecule has 0 radical (unpaired) electrons. The third-order valence-electron chi connectivity index (χ3n) is 1.92. The Labute approximate surface area is 92.0 Å². The van der Waals surface area contributed by atoms with Crippen molar-refractivity contribution in [3.63, 3.8) is 0 Å². The molecule has 0 atom stereocenters. The first-order chi connectivity index (χ1) is 6.29. The fourth-order valence-corrected chi connectivity index (χ4v) is 1.97. The predicted molar refractivity (Wildman–Crippen MR) is 63.6 cm³/mol. The summed E-state index contributed by atoms with van der Waals surface area (Å²) in [5, 5.41) is 0. The van der Waals surface area contributed by atoms with Crippen LogP contribution >= 0.6 is 22.6 Å². The molecule has 0 amide bonds. The molecule has 0 aliphatic heterocycles. The summed E-state index contributed by atoms with van der Waals surface area (Å²) >= 11 is 2.08. The molecule has 13 heavy (non-hydrogen) atoms. The van der Waals surface area contributed by atoms with E-state index in [-0.39, 0.29) is 6.67 Å². The Balaban J connectivity index is 3.05. The number of rotatable bonds is 3. The molecule has 0 fully saturated rings. The van der Waals surface area contributed by atoms with E-state index in [0.717, 1.165) is 21.1 Å². The molecular weight excluding hydrogens is 278 g/mol. The largest absolute Gasteiger partial charge is 0.245 e. The first-order valence-electron chi connectivity index (χ1n) is 4.28. The van der Waals surface area contributed by atoms with Gasteiger partial charge in [0.2, 0.25) is 0 Å². The molecule has 0 spiro atoms. The number of alkyl halides is 1. The van der Waals surface area contributed by atoms with Gasteiger partial charge in [0.05, 0.1) is 0 Å². The Morgan fingerprint density at radius 1 is 1.31 bits per heavy atom. The number of hydrogen-bond acceptors (Lipinski definition) is 0. The van der Waals surface area contributed by atoms with Crippen LogP contribution in [0.2, 0.25) is 0 Å². The highest BCUT2D eigenvalue weighted by Crippen LogP contribution is 2.26. The van der Waals surface area contributed by atoms with Crippen molar-refractivity contribution in [2.45, 2.75) is 13.3 Å². The van der Waals surface area contributed by atoms with E-state index in [1.54, 1.807) is 0 Å². The van der Waals surface area contributed by atoms with Gasteiger partial charge in [0, 0.05) is 3.58 Å². The van der Waals surface area contributed by atoms with E-state index in [2.05, 4.69) is 29.5 Å². The van der Waals surface area contributed by atoms with Crippen LogP contribution in [0.25, 0.3) is 5.57 Å². The molecule has 2 heteroatoms. The lowest BCUT2D eigenvalue weighted by Crippen LogP contribution is -1.87. The normalized spacial score (nSPS) is 12.5. The Hall–Kier alpha value is -0.380. The van der Waals surface area contributed by atoms with Gasteiger partial charge in [-0.2, -0.15) is 0 Å². The van der Waals surface area contributed by atoms with Crippen molar-refractivity contribution < 1.29 is 4.39 Å². The van der Waals surface area contributed by atoms with Crippen molar-refractivity contribution in [3.8, 4) is 0 Å². The molecule has 0 heterocycles. The van der Waals surface area contributed by atoms with Crippen molar-refractivity contribution in [2.24, 2.45) is 0 Å². The standard InChI is InChI=1S/C11H12FI/c1-2-10(11(13)8-12)9-6-4-3-5-7-9/h3-7H,2,8H2,1H3/b11-10+. The van der Waals surface area contributed by atoms with Gasteiger partial charge in [-0.05, 0) is 40.1 Å². The minimum Gasteiger partial charge on any atom is -0.245 e. The number of benzene rings is 1. The molecule has 0 aromatic heterocycles. The van der Waals surface area contributed by atoms with E-state index in [1.807, 2.05) is 30.3 Å². The smallest absolute Gasteiger partial charge is 0.120 e. The quantitative estimate of drug-likeness (QED) is 0.731. The predicted octanol–water partition coefficient (Wildman–Crippen LogP) is 4.21. The molecule has 0 bridgehead atoms. The van der Waals surface area contributed by atoms with E-state index in [0.29, 0.717) is 0 Å². The van der Waals surface area contributed by atoms with Crippen LogP contribution in [-0.2, 0) is 0 Å². The van der Waals surface area contributed by atoms with E-state index < -0.39 is 0 Å². The molecule has 0 unspecified atom stereocenters. The summed E-state index contributed by atoms with van der Waals surface area (Å²) in [6, 6.07) is 9.97. The summed E-state index contributed by atoms with van der Waals surface area (Å²) in [7, 11) is 0. The highest BCUT2D eigenvalue weighted by molar-refractivity contribution is 14.1. The average Bonchev–Trinajstić information content (AvgIpc) is 2.20. The Bertz CT molecular complexity index is 290. The second-order valence-corrected chi connectivity index (χ2v) is 4.04. The van der Waals surface area contributed by atoms with Crippen LogP contribution in [0, 0.1) is 0 Å². The molecule has 1 rings (SSSR count). The van der Waals surface area contributed by atoms with E-state index >= 15 is 0 Å². The van der Waals surface area contributed by atoms with Crippen LogP contribution in [-0.4, -0.2) is 6.67 Å². The Kier molecular flexibility index (Phi) is 4.42. The Morgan fingerprint density at radius 3 is 2.38 bits per heavy atom. The van der Waals surface area contributed by atoms with Gasteiger partial charge in [-0.1, -0.05) is 37.3 Å². The van der Waals surface area contributed by atoms with Gasteiger partial charge in [0.25, 0.3) is 0 Å². The van der Waals surface area contributed by atoms with E-state index in [1.165, 1.54) is 0 Å². The molecule has 0 saturated heterocycles. The molecule has 1 aromatic carbocycles. The van der Waals surface area contributed by atoms with Crippen LogP contribution in [0.3, 0.4) is 0 Å². The topological polar surface area (TPSA) is 0 Å². The lowest BCUT2D eigenvalue weighted by atomic mass is 10.0. The Morgan fingerprint density at radius 2 is 1.92 bits per heavy atom. The molecule has 1 aromatic rings. The molecule has 0 nitrogen and oxygen atoms in total. The van der Waals surface area contributed by atoms with Gasteiger partial charge >= 0.3 is 0 Å². The van der Waals surface area contributed by atoms with Gasteiger partial charge in [-0.3, -0.25) is 0 Å². The highest BCUT2D eigenvalue weighted by atomic mass is 127. The molecule has 0 saturated carbocycles. The van der Waals surface area contributed by atoms with Crippen LogP contribution in [0.4, 0.5) is 4.39 Å². The van der Waals surface area contributed by atoms with Crippen molar-refractivity contribution in [1.29, 1.82) is 0 Å². The number of hydrogen-bond donors (Lipinski definition) is 0. The zero-order chi connectivity index (χ0) is 9.68. The van der Waals surface area contributed by atoms with Crippen molar-refractivity contribution in [3.05, 3.63) is 39.5 Å². The van der Waals surface area contributed by atoms with Crippen LogP contribution in [0.5, 0.6) is 0 Å². The summed E-state index contributed by atoms with van der Waals surface area (Å²) in [4.78, 5) is 0. The molecule has 0 aliphatic rings. The summed E-state index contributed by atoms with van der Waals surface area (Å²) < 4.78 is 13.3. The molecule has 0 N–H and O–H groups in total. The highest BCUT2D eigenvalue weighted by Gasteiger charge is 2.03. The summed E-state index contributed by atoms with van der Waals surface area (Å²) in [6.45, 7) is 1.69. The van der Waals surface area contributed by atoms with E-state index in [9.17, 15) is 4.39 Å². The van der Waals surface area contributed by atoms with Gasteiger partial charge in [-0.25, -0.2) is 4.39 Å². The minimum absolute atomic E-state index is 0.362. The zero-order valence-electron chi connectivity index (χ0n) is 7.56. The first-order valence-corrected chi connectivity index (χ1v) is 5.36. The fraction of sp³-hybridized carbons (Fsp3) is 0.273. The average molecular weight is 290 g/mol. The molecular formula is C11H12FI. The summed E-state index contributed by atoms with van der Waals surface area (Å²) in [5.41, 5.74) is 2.25. The van der Waals surface area contributed by atoms with Crippen molar-refractivity contribution in [2.75, 3.05) is 6.67 Å². The number of allylic oxidation sites excluding steroid dienone is 2. The van der Waals surface area contributed by atoms with Crippen LogP contribution in [0.15, 0.2) is 33.9 Å². The third-order valence-corrected chi connectivity index (χ3v) is 2.86. The minimum atomic E-state index is -0.362. The maximum absolute atomic E-state index is 12.4. The second kappa shape index (κ2) is 5.37. The number of halogens is 2. The van der Waals surface area contributed by atoms with Crippen LogP contribution < -0.4 is 0 Å². The lowest BCUT2D eigenvalue weighted by molar-refractivity contribution is 0.559. The summed E-state index contributed by atoms with van der Waals surface area (Å²) in [5.74, 6) is 0. The van der Waals surface area contributed by atoms with Crippen molar-refractivity contribution >= 4 is 28.2 Å². The van der Waals surface area contributed by atoms with Crippen LogP contribution in [0.1, 0.15) is 18.9 Å². The third kappa shape index (κ3) is 2.79. The van der Waals surface area contributed by atoms with Crippen molar-refractivity contribution in [1.82, 2.24) is 0 Å². The monoisotopic (exact) mass is 290 g/mol. The SMILES string of the molecule is CC/C(=C(\I)CF)c1ccccc1. The van der Waals surface area contributed by atoms with Gasteiger partial charge in [-0.15, -0.1) is 0 Å². The zero-order valence-corrected chi connectivity index (χ0v) is 9.71. The maximum Gasteiger partial charge on any atom is 0.120 e. The summed E-state index contributed by atoms with van der Waals surface area (Å²) in [6.07, 6.45) is 0.881. The van der Waals surface area contributed by atoms with Gasteiger partial charge in [0.15, 0.2) is 0 Å². The lowest BCUT2D eigenvalue weighted by Gasteiger charge is -2.06. The first kappa shape index (κ1) is 10.7. The van der Waals surface area contributed by atoms with Gasteiger partial charge < -0.3 is 0 Å². The fourth-order valence-electron chi connectivity index (χ4n) is 1.27. The van der Waals surface area contributed by atoms with Gasteiger partial charge in [0.1, 0.15) is 6.67 Å².